The Bertz CT molecular complexity index is 285. The predicted molar refractivity (Wildman–Crippen MR) is 48.7 cm³/mol. The van der Waals surface area contributed by atoms with Crippen LogP contribution in [-0.4, -0.2) is 23.7 Å². The molecule has 1 aliphatic rings. The van der Waals surface area contributed by atoms with Gasteiger partial charge in [0.25, 0.3) is 6.01 Å². The second-order valence-corrected chi connectivity index (χ2v) is 3.41. The topological polar surface area (TPSA) is 47.3 Å². The van der Waals surface area contributed by atoms with Crippen LogP contribution < -0.4 is 5.32 Å². The zero-order chi connectivity index (χ0) is 9.26. The molecule has 0 unspecified atom stereocenters. The third-order valence-corrected chi connectivity index (χ3v) is 2.30. The highest BCUT2D eigenvalue weighted by Gasteiger charge is 2.24. The molecule has 13 heavy (non-hydrogen) atoms. The van der Waals surface area contributed by atoms with Gasteiger partial charge in [-0.2, -0.15) is 4.98 Å². The van der Waals surface area contributed by atoms with Gasteiger partial charge in [0.2, 0.25) is 0 Å². The molecule has 4 nitrogen and oxygen atoms in total. The number of hydrogen-bond acceptors (Lipinski definition) is 4. The standard InChI is InChI=1S/C9H14N2O2/c1-6-5-13-9(10-6)11-8-3-4-12-7(8)2/h5,7-8H,3-4H2,1-2H3,(H,10,11)/t7-,8-/m1/s1. The van der Waals surface area contributed by atoms with Gasteiger partial charge in [0, 0.05) is 6.61 Å². The fourth-order valence-electron chi connectivity index (χ4n) is 1.50. The summed E-state index contributed by atoms with van der Waals surface area (Å²) < 4.78 is 10.6. The molecular weight excluding hydrogens is 168 g/mol. The molecule has 0 radical (unpaired) electrons. The van der Waals surface area contributed by atoms with E-state index in [0.717, 1.165) is 18.7 Å². The van der Waals surface area contributed by atoms with Gasteiger partial charge in [-0.15, -0.1) is 0 Å². The largest absolute Gasteiger partial charge is 0.432 e. The number of anilines is 1. The van der Waals surface area contributed by atoms with E-state index in [0.29, 0.717) is 12.1 Å². The second-order valence-electron chi connectivity index (χ2n) is 3.41. The number of hydrogen-bond donors (Lipinski definition) is 1. The average molecular weight is 182 g/mol. The summed E-state index contributed by atoms with van der Waals surface area (Å²) in [5, 5.41) is 3.21. The monoisotopic (exact) mass is 182 g/mol. The Morgan fingerprint density at radius 3 is 3.00 bits per heavy atom. The molecule has 2 heterocycles. The fourth-order valence-corrected chi connectivity index (χ4v) is 1.50. The van der Waals surface area contributed by atoms with Gasteiger partial charge in [-0.05, 0) is 20.3 Å². The summed E-state index contributed by atoms with van der Waals surface area (Å²) in [4.78, 5) is 4.18. The first-order valence-corrected chi connectivity index (χ1v) is 4.56. The van der Waals surface area contributed by atoms with E-state index in [1.807, 2.05) is 6.92 Å². The first-order chi connectivity index (χ1) is 6.25. The molecule has 4 heteroatoms. The highest BCUT2D eigenvalue weighted by molar-refractivity contribution is 5.23. The number of oxazole rings is 1. The predicted octanol–water partition coefficient (Wildman–Crippen LogP) is 1.57. The summed E-state index contributed by atoms with van der Waals surface area (Å²) in [6.45, 7) is 4.78. The van der Waals surface area contributed by atoms with Crippen LogP contribution in [0.5, 0.6) is 0 Å². The molecule has 0 saturated carbocycles. The maximum absolute atomic E-state index is 5.41. The van der Waals surface area contributed by atoms with Crippen molar-refractivity contribution in [3.63, 3.8) is 0 Å². The summed E-state index contributed by atoms with van der Waals surface area (Å²) in [7, 11) is 0. The molecule has 1 aliphatic heterocycles. The van der Waals surface area contributed by atoms with Crippen molar-refractivity contribution in [2.24, 2.45) is 0 Å². The maximum Gasteiger partial charge on any atom is 0.295 e. The van der Waals surface area contributed by atoms with Crippen LogP contribution in [0.2, 0.25) is 0 Å². The van der Waals surface area contributed by atoms with Crippen LogP contribution >= 0.6 is 0 Å². The van der Waals surface area contributed by atoms with Gasteiger partial charge in [0.05, 0.1) is 17.8 Å². The van der Waals surface area contributed by atoms with Crippen molar-refractivity contribution >= 4 is 6.01 Å². The zero-order valence-corrected chi connectivity index (χ0v) is 7.91. The molecule has 1 aromatic heterocycles. The lowest BCUT2D eigenvalue weighted by Gasteiger charge is -2.13. The van der Waals surface area contributed by atoms with Crippen molar-refractivity contribution in [1.82, 2.24) is 4.98 Å². The molecule has 0 aromatic carbocycles. The average Bonchev–Trinajstić information content (AvgIpc) is 2.64. The minimum absolute atomic E-state index is 0.243. The van der Waals surface area contributed by atoms with Crippen LogP contribution in [-0.2, 0) is 4.74 Å². The van der Waals surface area contributed by atoms with Crippen molar-refractivity contribution in [1.29, 1.82) is 0 Å². The Hall–Kier alpha value is -1.03. The van der Waals surface area contributed by atoms with E-state index in [1.165, 1.54) is 0 Å². The van der Waals surface area contributed by atoms with Gasteiger partial charge in [0.1, 0.15) is 6.26 Å². The number of ether oxygens (including phenoxy) is 1. The van der Waals surface area contributed by atoms with Crippen molar-refractivity contribution in [3.05, 3.63) is 12.0 Å². The normalized spacial score (nSPS) is 27.8. The minimum Gasteiger partial charge on any atom is -0.432 e. The minimum atomic E-state index is 0.243. The van der Waals surface area contributed by atoms with Gasteiger partial charge >= 0.3 is 0 Å². The van der Waals surface area contributed by atoms with Crippen molar-refractivity contribution < 1.29 is 9.15 Å². The summed E-state index contributed by atoms with van der Waals surface area (Å²) in [6, 6.07) is 0.929. The molecular formula is C9H14N2O2. The molecule has 0 aliphatic carbocycles. The summed E-state index contributed by atoms with van der Waals surface area (Å²) in [6.07, 6.45) is 2.90. The van der Waals surface area contributed by atoms with E-state index < -0.39 is 0 Å². The van der Waals surface area contributed by atoms with E-state index >= 15 is 0 Å². The second kappa shape index (κ2) is 3.38. The molecule has 72 valence electrons. The molecule has 1 saturated heterocycles. The van der Waals surface area contributed by atoms with Gasteiger partial charge in [0.15, 0.2) is 0 Å². The molecule has 0 spiro atoms. The van der Waals surface area contributed by atoms with E-state index in [-0.39, 0.29) is 6.10 Å². The Labute approximate surface area is 77.3 Å². The zero-order valence-electron chi connectivity index (χ0n) is 7.91. The van der Waals surface area contributed by atoms with Crippen molar-refractivity contribution in [2.45, 2.75) is 32.4 Å². The van der Waals surface area contributed by atoms with Crippen LogP contribution in [0, 0.1) is 6.92 Å². The maximum atomic E-state index is 5.41. The smallest absolute Gasteiger partial charge is 0.295 e. The van der Waals surface area contributed by atoms with Gasteiger partial charge in [-0.3, -0.25) is 0 Å². The van der Waals surface area contributed by atoms with Crippen LogP contribution in [0.4, 0.5) is 6.01 Å². The molecule has 1 fully saturated rings. The van der Waals surface area contributed by atoms with E-state index in [1.54, 1.807) is 6.26 Å². The molecule has 0 bridgehead atoms. The van der Waals surface area contributed by atoms with E-state index in [2.05, 4.69) is 17.2 Å². The number of nitrogens with zero attached hydrogens (tertiary/aromatic N) is 1. The number of aromatic nitrogens is 1. The van der Waals surface area contributed by atoms with Crippen molar-refractivity contribution in [2.75, 3.05) is 11.9 Å². The van der Waals surface area contributed by atoms with Crippen molar-refractivity contribution in [3.8, 4) is 0 Å². The highest BCUT2D eigenvalue weighted by Crippen LogP contribution is 2.18. The van der Waals surface area contributed by atoms with Crippen LogP contribution in [0.15, 0.2) is 10.7 Å². The summed E-state index contributed by atoms with van der Waals surface area (Å²) >= 11 is 0. The molecule has 0 amide bonds. The first kappa shape index (κ1) is 8.56. The lowest BCUT2D eigenvalue weighted by atomic mass is 10.2. The Balaban J connectivity index is 1.97. The Kier molecular flexibility index (Phi) is 2.22. The summed E-state index contributed by atoms with van der Waals surface area (Å²) in [5.74, 6) is 0. The van der Waals surface area contributed by atoms with E-state index in [9.17, 15) is 0 Å². The Morgan fingerprint density at radius 2 is 2.46 bits per heavy atom. The molecule has 1 aromatic rings. The van der Waals surface area contributed by atoms with E-state index in [4.69, 9.17) is 9.15 Å². The number of rotatable bonds is 2. The van der Waals surface area contributed by atoms with Gasteiger partial charge < -0.3 is 14.5 Å². The third kappa shape index (κ3) is 1.83. The van der Waals surface area contributed by atoms with Crippen LogP contribution in [0.3, 0.4) is 0 Å². The molecule has 2 rings (SSSR count). The van der Waals surface area contributed by atoms with Gasteiger partial charge in [-0.1, -0.05) is 0 Å². The number of aryl methyl sites for hydroxylation is 1. The third-order valence-electron chi connectivity index (χ3n) is 2.30. The molecule has 1 N–H and O–H groups in total. The van der Waals surface area contributed by atoms with Crippen LogP contribution in [0.1, 0.15) is 19.0 Å². The highest BCUT2D eigenvalue weighted by atomic mass is 16.5. The quantitative estimate of drug-likeness (QED) is 0.754. The lowest BCUT2D eigenvalue weighted by molar-refractivity contribution is 0.121. The fraction of sp³-hybridized carbons (Fsp3) is 0.667. The number of nitrogens with one attached hydrogen (secondary N) is 1. The molecule has 2 atom stereocenters. The summed E-state index contributed by atoms with van der Waals surface area (Å²) in [5.41, 5.74) is 0.897. The SMILES string of the molecule is Cc1coc(N[C@@H]2CCO[C@@H]2C)n1. The lowest BCUT2D eigenvalue weighted by Crippen LogP contribution is -2.26. The van der Waals surface area contributed by atoms with Crippen LogP contribution in [0.25, 0.3) is 0 Å². The first-order valence-electron chi connectivity index (χ1n) is 4.56. The Morgan fingerprint density at radius 1 is 1.62 bits per heavy atom. The van der Waals surface area contributed by atoms with Gasteiger partial charge in [-0.25, -0.2) is 0 Å².